The highest BCUT2D eigenvalue weighted by Gasteiger charge is 2.11. The third kappa shape index (κ3) is 3.47. The van der Waals surface area contributed by atoms with Crippen LogP contribution in [-0.4, -0.2) is 11.1 Å². The maximum atomic E-state index is 13.5. The van der Waals surface area contributed by atoms with E-state index in [-0.39, 0.29) is 11.4 Å². The van der Waals surface area contributed by atoms with Crippen LogP contribution in [0.3, 0.4) is 0 Å². The van der Waals surface area contributed by atoms with Gasteiger partial charge in [-0.3, -0.25) is 4.79 Å². The molecule has 2 nitrogen and oxygen atoms in total. The van der Waals surface area contributed by atoms with E-state index in [0.717, 1.165) is 0 Å². The lowest BCUT2D eigenvalue weighted by atomic mass is 10.1. The van der Waals surface area contributed by atoms with Crippen molar-refractivity contribution in [2.24, 2.45) is 0 Å². The Kier molecular flexibility index (Phi) is 4.54. The Morgan fingerprint density at radius 2 is 2.20 bits per heavy atom. The van der Waals surface area contributed by atoms with E-state index in [1.807, 2.05) is 0 Å². The molecule has 15 heavy (non-hydrogen) atoms. The summed E-state index contributed by atoms with van der Waals surface area (Å²) in [5, 5.41) is 8.51. The molecule has 0 spiro atoms. The molecule has 1 aromatic carbocycles. The lowest BCUT2D eigenvalue weighted by molar-refractivity contribution is -0.137. The molecular formula is C10H9BrClFO2. The summed E-state index contributed by atoms with van der Waals surface area (Å²) in [7, 11) is 0. The molecule has 1 N–H and O–H groups in total. The summed E-state index contributed by atoms with van der Waals surface area (Å²) in [5.41, 5.74) is 0.434. The summed E-state index contributed by atoms with van der Waals surface area (Å²) in [6, 6.07) is 3.11. The number of aliphatic carboxylic acids is 1. The van der Waals surface area contributed by atoms with Crippen molar-refractivity contribution in [3.8, 4) is 0 Å². The summed E-state index contributed by atoms with van der Waals surface area (Å²) < 4.78 is 14.1. The van der Waals surface area contributed by atoms with Crippen molar-refractivity contribution in [3.05, 3.63) is 33.0 Å². The maximum absolute atomic E-state index is 13.5. The smallest absolute Gasteiger partial charge is 0.303 e. The Labute approximate surface area is 100 Å². The SMILES string of the molecule is O=C(O)CCCc1c(Br)ccc(Cl)c1F. The third-order valence-corrected chi connectivity index (χ3v) is 2.99. The fourth-order valence-electron chi connectivity index (χ4n) is 1.21. The molecule has 82 valence electrons. The lowest BCUT2D eigenvalue weighted by Crippen LogP contribution is -1.98. The van der Waals surface area contributed by atoms with Crippen molar-refractivity contribution in [2.45, 2.75) is 19.3 Å². The Bertz CT molecular complexity index is 382. The highest BCUT2D eigenvalue weighted by molar-refractivity contribution is 9.10. The summed E-state index contributed by atoms with van der Waals surface area (Å²) in [6.07, 6.45) is 0.781. The average Bonchev–Trinajstić information content (AvgIpc) is 2.17. The van der Waals surface area contributed by atoms with Crippen LogP contribution in [0.1, 0.15) is 18.4 Å². The molecule has 1 rings (SSSR count). The van der Waals surface area contributed by atoms with Crippen LogP contribution < -0.4 is 0 Å². The number of rotatable bonds is 4. The first-order chi connectivity index (χ1) is 7.02. The second-order valence-electron chi connectivity index (χ2n) is 3.07. The van der Waals surface area contributed by atoms with Crippen LogP contribution >= 0.6 is 27.5 Å². The van der Waals surface area contributed by atoms with Crippen LogP contribution in [0.15, 0.2) is 16.6 Å². The number of carboxylic acid groups (broad SMARTS) is 1. The van der Waals surface area contributed by atoms with Crippen molar-refractivity contribution in [1.82, 2.24) is 0 Å². The van der Waals surface area contributed by atoms with Gasteiger partial charge in [0.25, 0.3) is 0 Å². The van der Waals surface area contributed by atoms with Crippen LogP contribution in [0.2, 0.25) is 5.02 Å². The monoisotopic (exact) mass is 294 g/mol. The summed E-state index contributed by atoms with van der Waals surface area (Å²) in [5.74, 6) is -1.36. The molecular weight excluding hydrogens is 286 g/mol. The first-order valence-electron chi connectivity index (χ1n) is 4.36. The molecule has 0 radical (unpaired) electrons. The first kappa shape index (κ1) is 12.5. The van der Waals surface area contributed by atoms with Gasteiger partial charge in [-0.25, -0.2) is 4.39 Å². The van der Waals surface area contributed by atoms with Gasteiger partial charge in [0.2, 0.25) is 0 Å². The van der Waals surface area contributed by atoms with E-state index in [1.165, 1.54) is 6.07 Å². The molecule has 0 aliphatic heterocycles. The standard InChI is InChI=1S/C10H9BrClFO2/c11-7-4-5-8(12)10(13)6(7)2-1-3-9(14)15/h4-5H,1-3H2,(H,14,15). The highest BCUT2D eigenvalue weighted by atomic mass is 79.9. The number of hydrogen-bond acceptors (Lipinski definition) is 1. The van der Waals surface area contributed by atoms with Crippen LogP contribution in [0.4, 0.5) is 4.39 Å². The molecule has 1 aromatic rings. The van der Waals surface area contributed by atoms with Crippen LogP contribution in [0.5, 0.6) is 0 Å². The van der Waals surface area contributed by atoms with Gasteiger partial charge in [0, 0.05) is 16.5 Å². The molecule has 0 saturated carbocycles. The number of benzene rings is 1. The normalized spacial score (nSPS) is 10.3. The Morgan fingerprint density at radius 3 is 2.80 bits per heavy atom. The minimum absolute atomic E-state index is 0.0262. The molecule has 0 heterocycles. The number of carbonyl (C=O) groups is 1. The molecule has 0 aromatic heterocycles. The predicted molar refractivity (Wildman–Crippen MR) is 59.7 cm³/mol. The van der Waals surface area contributed by atoms with Gasteiger partial charge in [0.1, 0.15) is 5.82 Å². The molecule has 0 aliphatic carbocycles. The topological polar surface area (TPSA) is 37.3 Å². The summed E-state index contributed by atoms with van der Waals surface area (Å²) in [4.78, 5) is 10.3. The molecule has 0 saturated heterocycles. The van der Waals surface area contributed by atoms with Gasteiger partial charge in [-0.1, -0.05) is 27.5 Å². The second-order valence-corrected chi connectivity index (χ2v) is 4.33. The summed E-state index contributed by atoms with van der Waals surface area (Å²) in [6.45, 7) is 0. The second kappa shape index (κ2) is 5.47. The minimum Gasteiger partial charge on any atom is -0.481 e. The van der Waals surface area contributed by atoms with E-state index in [4.69, 9.17) is 16.7 Å². The number of halogens is 3. The first-order valence-corrected chi connectivity index (χ1v) is 5.53. The molecule has 0 atom stereocenters. The number of hydrogen-bond donors (Lipinski definition) is 1. The Balaban J connectivity index is 2.75. The highest BCUT2D eigenvalue weighted by Crippen LogP contribution is 2.27. The zero-order chi connectivity index (χ0) is 11.4. The van der Waals surface area contributed by atoms with Gasteiger partial charge < -0.3 is 5.11 Å². The van der Waals surface area contributed by atoms with Gasteiger partial charge in [0.15, 0.2) is 0 Å². The van der Waals surface area contributed by atoms with Gasteiger partial charge in [-0.15, -0.1) is 0 Å². The van der Waals surface area contributed by atoms with Gasteiger partial charge >= 0.3 is 5.97 Å². The molecule has 0 amide bonds. The van der Waals surface area contributed by atoms with Crippen molar-refractivity contribution in [2.75, 3.05) is 0 Å². The van der Waals surface area contributed by atoms with E-state index < -0.39 is 11.8 Å². The fourth-order valence-corrected chi connectivity index (χ4v) is 1.90. The maximum Gasteiger partial charge on any atom is 0.303 e. The average molecular weight is 296 g/mol. The Morgan fingerprint density at radius 1 is 1.53 bits per heavy atom. The van der Waals surface area contributed by atoms with Gasteiger partial charge in [-0.05, 0) is 25.0 Å². The van der Waals surface area contributed by atoms with E-state index >= 15 is 0 Å². The fraction of sp³-hybridized carbons (Fsp3) is 0.300. The van der Waals surface area contributed by atoms with Gasteiger partial charge in [-0.2, -0.15) is 0 Å². The zero-order valence-electron chi connectivity index (χ0n) is 7.77. The Hall–Kier alpha value is -0.610. The van der Waals surface area contributed by atoms with Crippen LogP contribution in [0.25, 0.3) is 0 Å². The third-order valence-electron chi connectivity index (χ3n) is 1.96. The van der Waals surface area contributed by atoms with Crippen LogP contribution in [0, 0.1) is 5.82 Å². The van der Waals surface area contributed by atoms with Crippen LogP contribution in [-0.2, 0) is 11.2 Å². The van der Waals surface area contributed by atoms with E-state index in [0.29, 0.717) is 22.9 Å². The lowest BCUT2D eigenvalue weighted by Gasteiger charge is -2.06. The molecule has 0 aliphatic rings. The quantitative estimate of drug-likeness (QED) is 0.861. The largest absolute Gasteiger partial charge is 0.481 e. The van der Waals surface area contributed by atoms with Crippen molar-refractivity contribution >= 4 is 33.5 Å². The van der Waals surface area contributed by atoms with Crippen molar-refractivity contribution in [3.63, 3.8) is 0 Å². The van der Waals surface area contributed by atoms with Crippen molar-refractivity contribution in [1.29, 1.82) is 0 Å². The zero-order valence-corrected chi connectivity index (χ0v) is 10.1. The predicted octanol–water partition coefficient (Wildman–Crippen LogP) is 3.65. The van der Waals surface area contributed by atoms with E-state index in [2.05, 4.69) is 15.9 Å². The van der Waals surface area contributed by atoms with E-state index in [1.54, 1.807) is 6.07 Å². The molecule has 0 unspecified atom stereocenters. The molecule has 0 fully saturated rings. The van der Waals surface area contributed by atoms with E-state index in [9.17, 15) is 9.18 Å². The summed E-state index contributed by atoms with van der Waals surface area (Å²) >= 11 is 8.82. The molecule has 5 heteroatoms. The molecule has 0 bridgehead atoms. The van der Waals surface area contributed by atoms with Gasteiger partial charge in [0.05, 0.1) is 5.02 Å². The van der Waals surface area contributed by atoms with Crippen molar-refractivity contribution < 1.29 is 14.3 Å². The number of carboxylic acids is 1. The minimum atomic E-state index is -0.881.